The second-order valence-electron chi connectivity index (χ2n) is 3.44. The molecule has 1 heterocycles. The molecule has 1 aromatic rings. The molecule has 0 saturated heterocycles. The van der Waals surface area contributed by atoms with E-state index in [0.29, 0.717) is 12.5 Å². The Labute approximate surface area is 89.0 Å². The van der Waals surface area contributed by atoms with Crippen LogP contribution in [0.4, 0.5) is 0 Å². The van der Waals surface area contributed by atoms with Gasteiger partial charge in [0, 0.05) is 36.6 Å². The third-order valence-electron chi connectivity index (χ3n) is 2.08. The summed E-state index contributed by atoms with van der Waals surface area (Å²) in [5.74, 6) is 0. The van der Waals surface area contributed by atoms with Crippen molar-refractivity contribution in [1.29, 1.82) is 5.26 Å². The van der Waals surface area contributed by atoms with Gasteiger partial charge in [-0.05, 0) is 13.8 Å². The highest BCUT2D eigenvalue weighted by atomic mass is 32.1. The lowest BCUT2D eigenvalue weighted by molar-refractivity contribution is 0.219. The molecule has 0 aromatic carbocycles. The predicted molar refractivity (Wildman–Crippen MR) is 57.9 cm³/mol. The third kappa shape index (κ3) is 3.44. The molecule has 0 aliphatic rings. The SMILES string of the molecule is CC(C)N(CCC#N)Cc1cncs1. The van der Waals surface area contributed by atoms with Crippen molar-refractivity contribution in [2.75, 3.05) is 6.54 Å². The lowest BCUT2D eigenvalue weighted by atomic mass is 10.3. The number of aromatic nitrogens is 1. The lowest BCUT2D eigenvalue weighted by Gasteiger charge is -2.24. The Bertz CT molecular complexity index is 287. The Morgan fingerprint density at radius 3 is 2.93 bits per heavy atom. The highest BCUT2D eigenvalue weighted by molar-refractivity contribution is 7.09. The Kier molecular flexibility index (Phi) is 4.57. The van der Waals surface area contributed by atoms with Crippen LogP contribution in [0.15, 0.2) is 11.7 Å². The van der Waals surface area contributed by atoms with Crippen LogP contribution in [-0.2, 0) is 6.54 Å². The molecular weight excluding hydrogens is 194 g/mol. The van der Waals surface area contributed by atoms with Gasteiger partial charge >= 0.3 is 0 Å². The van der Waals surface area contributed by atoms with E-state index in [4.69, 9.17) is 5.26 Å². The molecule has 0 N–H and O–H groups in total. The molecule has 0 radical (unpaired) electrons. The van der Waals surface area contributed by atoms with Gasteiger partial charge in [0.1, 0.15) is 0 Å². The number of thiazole rings is 1. The topological polar surface area (TPSA) is 39.9 Å². The maximum absolute atomic E-state index is 8.54. The smallest absolute Gasteiger partial charge is 0.0794 e. The van der Waals surface area contributed by atoms with Gasteiger partial charge in [-0.2, -0.15) is 5.26 Å². The largest absolute Gasteiger partial charge is 0.295 e. The summed E-state index contributed by atoms with van der Waals surface area (Å²) < 4.78 is 0. The molecule has 14 heavy (non-hydrogen) atoms. The fourth-order valence-electron chi connectivity index (χ4n) is 1.23. The van der Waals surface area contributed by atoms with Crippen LogP contribution in [0.1, 0.15) is 25.1 Å². The van der Waals surface area contributed by atoms with Crippen molar-refractivity contribution in [3.8, 4) is 6.07 Å². The van der Waals surface area contributed by atoms with Gasteiger partial charge in [0.2, 0.25) is 0 Å². The van der Waals surface area contributed by atoms with Gasteiger partial charge < -0.3 is 0 Å². The molecule has 0 atom stereocenters. The highest BCUT2D eigenvalue weighted by Crippen LogP contribution is 2.12. The molecule has 3 nitrogen and oxygen atoms in total. The first kappa shape index (κ1) is 11.2. The van der Waals surface area contributed by atoms with Gasteiger partial charge in [-0.15, -0.1) is 11.3 Å². The van der Waals surface area contributed by atoms with E-state index in [0.717, 1.165) is 13.1 Å². The first-order chi connectivity index (χ1) is 6.74. The quantitative estimate of drug-likeness (QED) is 0.747. The van der Waals surface area contributed by atoms with Crippen LogP contribution in [0, 0.1) is 11.3 Å². The molecule has 4 heteroatoms. The zero-order chi connectivity index (χ0) is 10.4. The van der Waals surface area contributed by atoms with E-state index >= 15 is 0 Å². The summed E-state index contributed by atoms with van der Waals surface area (Å²) in [6.07, 6.45) is 2.49. The first-order valence-corrected chi connectivity index (χ1v) is 5.60. The molecular formula is C10H15N3S. The van der Waals surface area contributed by atoms with E-state index in [-0.39, 0.29) is 0 Å². The van der Waals surface area contributed by atoms with Crippen molar-refractivity contribution >= 4 is 11.3 Å². The van der Waals surface area contributed by atoms with Crippen LogP contribution >= 0.6 is 11.3 Å². The zero-order valence-electron chi connectivity index (χ0n) is 8.60. The highest BCUT2D eigenvalue weighted by Gasteiger charge is 2.10. The average molecular weight is 209 g/mol. The summed E-state index contributed by atoms with van der Waals surface area (Å²) in [5, 5.41) is 8.54. The second kappa shape index (κ2) is 5.74. The van der Waals surface area contributed by atoms with Crippen molar-refractivity contribution in [1.82, 2.24) is 9.88 Å². The van der Waals surface area contributed by atoms with Crippen LogP contribution < -0.4 is 0 Å². The molecule has 1 rings (SSSR count). The summed E-state index contributed by atoms with van der Waals surface area (Å²) in [6, 6.07) is 2.66. The van der Waals surface area contributed by atoms with E-state index in [1.54, 1.807) is 11.3 Å². The van der Waals surface area contributed by atoms with E-state index in [2.05, 4.69) is 29.8 Å². The van der Waals surface area contributed by atoms with Gasteiger partial charge in [0.25, 0.3) is 0 Å². The van der Waals surface area contributed by atoms with E-state index in [9.17, 15) is 0 Å². The van der Waals surface area contributed by atoms with Crippen molar-refractivity contribution in [2.45, 2.75) is 32.9 Å². The lowest BCUT2D eigenvalue weighted by Crippen LogP contribution is -2.30. The van der Waals surface area contributed by atoms with Gasteiger partial charge in [0.15, 0.2) is 0 Å². The Balaban J connectivity index is 2.48. The summed E-state index contributed by atoms with van der Waals surface area (Å²) >= 11 is 1.67. The van der Waals surface area contributed by atoms with Gasteiger partial charge in [-0.3, -0.25) is 9.88 Å². The number of hydrogen-bond acceptors (Lipinski definition) is 4. The van der Waals surface area contributed by atoms with Gasteiger partial charge in [-0.25, -0.2) is 0 Å². The molecule has 0 bridgehead atoms. The maximum Gasteiger partial charge on any atom is 0.0794 e. The molecule has 0 fully saturated rings. The van der Waals surface area contributed by atoms with E-state index < -0.39 is 0 Å². The Morgan fingerprint density at radius 1 is 1.64 bits per heavy atom. The van der Waals surface area contributed by atoms with Gasteiger partial charge in [-0.1, -0.05) is 0 Å². The third-order valence-corrected chi connectivity index (χ3v) is 2.85. The Hall–Kier alpha value is -0.920. The van der Waals surface area contributed by atoms with Gasteiger partial charge in [0.05, 0.1) is 11.6 Å². The monoisotopic (exact) mass is 209 g/mol. The molecule has 0 aliphatic carbocycles. The summed E-state index contributed by atoms with van der Waals surface area (Å²) in [7, 11) is 0. The Morgan fingerprint density at radius 2 is 2.43 bits per heavy atom. The van der Waals surface area contributed by atoms with Crippen molar-refractivity contribution < 1.29 is 0 Å². The first-order valence-electron chi connectivity index (χ1n) is 4.72. The molecule has 76 valence electrons. The fourth-order valence-corrected chi connectivity index (χ4v) is 1.85. The minimum Gasteiger partial charge on any atom is -0.295 e. The van der Waals surface area contributed by atoms with Crippen molar-refractivity contribution in [3.05, 3.63) is 16.6 Å². The maximum atomic E-state index is 8.54. The average Bonchev–Trinajstić information content (AvgIpc) is 2.64. The van der Waals surface area contributed by atoms with Crippen LogP contribution in [0.25, 0.3) is 0 Å². The normalized spacial score (nSPS) is 10.8. The minimum absolute atomic E-state index is 0.477. The van der Waals surface area contributed by atoms with Crippen LogP contribution in [0.5, 0.6) is 0 Å². The van der Waals surface area contributed by atoms with E-state index in [1.807, 2.05) is 11.7 Å². The number of rotatable bonds is 5. The van der Waals surface area contributed by atoms with Crippen LogP contribution in [-0.4, -0.2) is 22.5 Å². The molecule has 0 saturated carbocycles. The fraction of sp³-hybridized carbons (Fsp3) is 0.600. The van der Waals surface area contributed by atoms with Crippen molar-refractivity contribution in [2.24, 2.45) is 0 Å². The minimum atomic E-state index is 0.477. The van der Waals surface area contributed by atoms with Crippen LogP contribution in [0.3, 0.4) is 0 Å². The standard InChI is InChI=1S/C10H15N3S/c1-9(2)13(5-3-4-11)7-10-6-12-8-14-10/h6,8-9H,3,5,7H2,1-2H3. The molecule has 0 spiro atoms. The van der Waals surface area contributed by atoms with Crippen LogP contribution in [0.2, 0.25) is 0 Å². The van der Waals surface area contributed by atoms with Crippen molar-refractivity contribution in [3.63, 3.8) is 0 Å². The summed E-state index contributed by atoms with van der Waals surface area (Å²) in [5.41, 5.74) is 1.85. The molecule has 0 unspecified atom stereocenters. The summed E-state index contributed by atoms with van der Waals surface area (Å²) in [4.78, 5) is 7.59. The number of nitrogens with zero attached hydrogens (tertiary/aromatic N) is 3. The second-order valence-corrected chi connectivity index (χ2v) is 4.41. The summed E-state index contributed by atoms with van der Waals surface area (Å²) in [6.45, 7) is 6.05. The van der Waals surface area contributed by atoms with E-state index in [1.165, 1.54) is 4.88 Å². The zero-order valence-corrected chi connectivity index (χ0v) is 9.42. The number of nitriles is 1. The molecule has 0 amide bonds. The molecule has 1 aromatic heterocycles. The predicted octanol–water partition coefficient (Wildman–Crippen LogP) is 2.27. The number of hydrogen-bond donors (Lipinski definition) is 0. The molecule has 0 aliphatic heterocycles.